The van der Waals surface area contributed by atoms with Crippen molar-refractivity contribution in [3.8, 4) is 5.82 Å². The Hall–Kier alpha value is -3.45. The summed E-state index contributed by atoms with van der Waals surface area (Å²) >= 11 is 1.30. The lowest BCUT2D eigenvalue weighted by atomic mass is 9.90. The fourth-order valence-corrected chi connectivity index (χ4v) is 5.51. The van der Waals surface area contributed by atoms with Crippen molar-refractivity contribution in [2.45, 2.75) is 31.3 Å². The molecule has 178 valence electrons. The number of pyridine rings is 1. The maximum atomic E-state index is 13.4. The molecule has 1 fully saturated rings. The van der Waals surface area contributed by atoms with Crippen LogP contribution in [0.3, 0.4) is 0 Å². The second-order valence-corrected chi connectivity index (χ2v) is 9.99. The highest BCUT2D eigenvalue weighted by Gasteiger charge is 2.24. The van der Waals surface area contributed by atoms with E-state index in [4.69, 9.17) is 4.98 Å². The van der Waals surface area contributed by atoms with Crippen LogP contribution in [0.4, 0.5) is 0 Å². The van der Waals surface area contributed by atoms with Gasteiger partial charge in [0.2, 0.25) is 5.91 Å². The molecule has 0 bridgehead atoms. The van der Waals surface area contributed by atoms with Crippen LogP contribution in [0.2, 0.25) is 0 Å². The van der Waals surface area contributed by atoms with Gasteiger partial charge in [-0.1, -0.05) is 54.2 Å². The zero-order chi connectivity index (χ0) is 24.2. The van der Waals surface area contributed by atoms with E-state index in [1.54, 1.807) is 12.3 Å². The fourth-order valence-electron chi connectivity index (χ4n) is 4.61. The third-order valence-corrected chi connectivity index (χ3v) is 7.46. The Morgan fingerprint density at radius 3 is 2.54 bits per heavy atom. The summed E-state index contributed by atoms with van der Waals surface area (Å²) in [6, 6.07) is 21.6. The number of fused-ring (bicyclic) bond motifs is 1. The highest BCUT2D eigenvalue weighted by molar-refractivity contribution is 7.99. The largest absolute Gasteiger partial charge is 0.342 e. The first-order valence-corrected chi connectivity index (χ1v) is 13.0. The van der Waals surface area contributed by atoms with E-state index in [1.807, 2.05) is 48.2 Å². The van der Waals surface area contributed by atoms with Crippen molar-refractivity contribution in [1.29, 1.82) is 0 Å². The maximum Gasteiger partial charge on any atom is 0.267 e. The number of carbonyl (C=O) groups is 1. The van der Waals surface area contributed by atoms with Crippen molar-refractivity contribution >= 4 is 28.6 Å². The Labute approximate surface area is 209 Å². The summed E-state index contributed by atoms with van der Waals surface area (Å²) in [6.45, 7) is 3.50. The van der Waals surface area contributed by atoms with Crippen molar-refractivity contribution in [3.05, 3.63) is 94.4 Å². The van der Waals surface area contributed by atoms with Crippen molar-refractivity contribution in [3.63, 3.8) is 0 Å². The average molecular weight is 485 g/mol. The third kappa shape index (κ3) is 5.30. The van der Waals surface area contributed by atoms with E-state index < -0.39 is 0 Å². The highest BCUT2D eigenvalue weighted by Crippen LogP contribution is 2.24. The zero-order valence-electron chi connectivity index (χ0n) is 19.8. The number of hydrogen-bond donors (Lipinski definition) is 0. The molecule has 1 amide bonds. The SMILES string of the molecule is Cc1ccnc(-n2c(SCC(=O)N3CCC(Cc4ccccc4)CC3)nc3ccccc3c2=O)c1. The third-order valence-electron chi connectivity index (χ3n) is 6.53. The summed E-state index contributed by atoms with van der Waals surface area (Å²) in [7, 11) is 0. The summed E-state index contributed by atoms with van der Waals surface area (Å²) in [5, 5.41) is 1.02. The van der Waals surface area contributed by atoms with Crippen molar-refractivity contribution < 1.29 is 4.79 Å². The molecule has 2 aromatic carbocycles. The number of para-hydroxylation sites is 1. The molecule has 0 N–H and O–H groups in total. The monoisotopic (exact) mass is 484 g/mol. The molecule has 4 aromatic rings. The van der Waals surface area contributed by atoms with Gasteiger partial charge in [-0.2, -0.15) is 0 Å². The molecule has 1 aliphatic rings. The van der Waals surface area contributed by atoms with Crippen LogP contribution < -0.4 is 5.56 Å². The number of aryl methyl sites for hydroxylation is 1. The Bertz CT molecular complexity index is 1400. The molecule has 0 radical (unpaired) electrons. The van der Waals surface area contributed by atoms with Crippen LogP contribution in [-0.4, -0.2) is 44.2 Å². The van der Waals surface area contributed by atoms with E-state index in [0.29, 0.717) is 27.8 Å². The fraction of sp³-hybridized carbons (Fsp3) is 0.286. The van der Waals surface area contributed by atoms with E-state index in [1.165, 1.54) is 21.9 Å². The van der Waals surface area contributed by atoms with Gasteiger partial charge in [0.15, 0.2) is 5.16 Å². The van der Waals surface area contributed by atoms with Crippen LogP contribution >= 0.6 is 11.8 Å². The first-order valence-electron chi connectivity index (χ1n) is 12.0. The molecule has 5 rings (SSSR count). The van der Waals surface area contributed by atoms with Crippen molar-refractivity contribution in [1.82, 2.24) is 19.4 Å². The van der Waals surface area contributed by atoms with Crippen LogP contribution in [0, 0.1) is 12.8 Å². The smallest absolute Gasteiger partial charge is 0.267 e. The lowest BCUT2D eigenvalue weighted by molar-refractivity contribution is -0.129. The van der Waals surface area contributed by atoms with Crippen molar-refractivity contribution in [2.24, 2.45) is 5.92 Å². The van der Waals surface area contributed by atoms with Gasteiger partial charge >= 0.3 is 0 Å². The van der Waals surface area contributed by atoms with Gasteiger partial charge in [0.25, 0.3) is 5.56 Å². The molecule has 0 saturated carbocycles. The van der Waals surface area contributed by atoms with Gasteiger partial charge in [0.05, 0.1) is 16.7 Å². The summed E-state index contributed by atoms with van der Waals surface area (Å²) < 4.78 is 1.53. The lowest BCUT2D eigenvalue weighted by Crippen LogP contribution is -2.40. The van der Waals surface area contributed by atoms with E-state index in [2.05, 4.69) is 29.2 Å². The number of benzene rings is 2. The van der Waals surface area contributed by atoms with Gasteiger partial charge in [0, 0.05) is 19.3 Å². The normalized spacial score (nSPS) is 14.4. The van der Waals surface area contributed by atoms with Crippen LogP contribution in [0.15, 0.2) is 82.9 Å². The predicted octanol–water partition coefficient (Wildman–Crippen LogP) is 4.66. The number of likely N-dealkylation sites (tertiary alicyclic amines) is 1. The number of thioether (sulfide) groups is 1. The standard InChI is InChI=1S/C28H28N4O2S/c1-20-11-14-29-25(17-20)32-27(34)23-9-5-6-10-24(23)30-28(32)35-19-26(33)31-15-12-22(13-16-31)18-21-7-3-2-4-8-21/h2-11,14,17,22H,12-13,15-16,18-19H2,1H3. The van der Waals surface area contributed by atoms with Gasteiger partial charge in [-0.3, -0.25) is 9.59 Å². The minimum Gasteiger partial charge on any atom is -0.342 e. The number of carbonyl (C=O) groups excluding carboxylic acids is 1. The Kier molecular flexibility index (Phi) is 6.95. The van der Waals surface area contributed by atoms with Gasteiger partial charge < -0.3 is 4.90 Å². The van der Waals surface area contributed by atoms with Crippen LogP contribution in [0.25, 0.3) is 16.7 Å². The molecule has 35 heavy (non-hydrogen) atoms. The quantitative estimate of drug-likeness (QED) is 0.294. The second kappa shape index (κ2) is 10.4. The summed E-state index contributed by atoms with van der Waals surface area (Å²) in [4.78, 5) is 37.5. The number of amides is 1. The number of aromatic nitrogens is 3. The number of nitrogens with zero attached hydrogens (tertiary/aromatic N) is 4. The number of rotatable bonds is 6. The first kappa shape index (κ1) is 23.3. The lowest BCUT2D eigenvalue weighted by Gasteiger charge is -2.32. The topological polar surface area (TPSA) is 68.1 Å². The van der Waals surface area contributed by atoms with E-state index in [-0.39, 0.29) is 17.2 Å². The first-order chi connectivity index (χ1) is 17.1. The molecule has 3 heterocycles. The molecule has 1 saturated heterocycles. The molecule has 0 spiro atoms. The highest BCUT2D eigenvalue weighted by atomic mass is 32.2. The maximum absolute atomic E-state index is 13.4. The predicted molar refractivity (Wildman–Crippen MR) is 140 cm³/mol. The molecular formula is C28H28N4O2S. The van der Waals surface area contributed by atoms with Gasteiger partial charge in [-0.15, -0.1) is 0 Å². The zero-order valence-corrected chi connectivity index (χ0v) is 20.6. The van der Waals surface area contributed by atoms with E-state index in [0.717, 1.165) is 37.9 Å². The van der Waals surface area contributed by atoms with E-state index in [9.17, 15) is 9.59 Å². The van der Waals surface area contributed by atoms with Gasteiger partial charge in [-0.25, -0.2) is 14.5 Å². The molecule has 7 heteroatoms. The molecule has 0 atom stereocenters. The van der Waals surface area contributed by atoms with Gasteiger partial charge in [0.1, 0.15) is 5.82 Å². The Balaban J connectivity index is 1.30. The summed E-state index contributed by atoms with van der Waals surface area (Å²) in [6.07, 6.45) is 4.77. The van der Waals surface area contributed by atoms with Crippen LogP contribution in [0.5, 0.6) is 0 Å². The molecule has 0 aliphatic carbocycles. The van der Waals surface area contributed by atoms with Crippen molar-refractivity contribution in [2.75, 3.05) is 18.8 Å². The molecular weight excluding hydrogens is 456 g/mol. The van der Waals surface area contributed by atoms with Gasteiger partial charge in [-0.05, 0) is 67.5 Å². The molecule has 2 aromatic heterocycles. The summed E-state index contributed by atoms with van der Waals surface area (Å²) in [5.41, 5.74) is 2.81. The van der Waals surface area contributed by atoms with Crippen LogP contribution in [-0.2, 0) is 11.2 Å². The summed E-state index contributed by atoms with van der Waals surface area (Å²) in [5.74, 6) is 1.44. The molecule has 0 unspecified atom stereocenters. The Morgan fingerprint density at radius 1 is 1.03 bits per heavy atom. The second-order valence-electron chi connectivity index (χ2n) is 9.05. The minimum absolute atomic E-state index is 0.0827. The number of piperidine rings is 1. The van der Waals surface area contributed by atoms with Crippen LogP contribution in [0.1, 0.15) is 24.0 Å². The number of hydrogen-bond acceptors (Lipinski definition) is 5. The molecule has 1 aliphatic heterocycles. The molecule has 6 nitrogen and oxygen atoms in total. The average Bonchev–Trinajstić information content (AvgIpc) is 2.88. The minimum atomic E-state index is -0.176. The Morgan fingerprint density at radius 2 is 1.77 bits per heavy atom. The van der Waals surface area contributed by atoms with E-state index >= 15 is 0 Å².